The molecule has 3 nitrogen and oxygen atoms in total. The van der Waals surface area contributed by atoms with Gasteiger partial charge in [0.25, 0.3) is 0 Å². The van der Waals surface area contributed by atoms with E-state index in [0.717, 1.165) is 11.1 Å². The third kappa shape index (κ3) is 2.64. The first-order valence-electron chi connectivity index (χ1n) is 4.60. The second-order valence-electron chi connectivity index (χ2n) is 4.43. The number of aryl methyl sites for hydroxylation is 1. The van der Waals surface area contributed by atoms with Gasteiger partial charge in [0.1, 0.15) is 11.5 Å². The van der Waals surface area contributed by atoms with E-state index in [0.29, 0.717) is 6.42 Å². The van der Waals surface area contributed by atoms with E-state index in [2.05, 4.69) is 0 Å². The van der Waals surface area contributed by atoms with Gasteiger partial charge in [-0.25, -0.2) is 0 Å². The average Bonchev–Trinajstić information content (AvgIpc) is 1.97. The molecule has 0 heterocycles. The summed E-state index contributed by atoms with van der Waals surface area (Å²) in [5, 5.41) is 18.9. The van der Waals surface area contributed by atoms with Gasteiger partial charge in [-0.3, -0.25) is 0 Å². The Balaban J connectivity index is 3.04. The number of aromatic hydroxyl groups is 2. The van der Waals surface area contributed by atoms with Crippen LogP contribution in [0.2, 0.25) is 0 Å². The lowest BCUT2D eigenvalue weighted by Gasteiger charge is -2.19. The molecule has 0 aromatic heterocycles. The van der Waals surface area contributed by atoms with Crippen LogP contribution in [0.25, 0.3) is 0 Å². The van der Waals surface area contributed by atoms with Gasteiger partial charge in [0.15, 0.2) is 0 Å². The standard InChI is InChI=1S/C11H17NO2/c1-7-4-8(6-11(2,3)12)10(14)5-9(7)13/h4-5,13-14H,6,12H2,1-3H3. The largest absolute Gasteiger partial charge is 0.508 e. The number of phenols is 2. The van der Waals surface area contributed by atoms with Crippen LogP contribution in [0.1, 0.15) is 25.0 Å². The lowest BCUT2D eigenvalue weighted by atomic mass is 9.94. The smallest absolute Gasteiger partial charge is 0.122 e. The van der Waals surface area contributed by atoms with Crippen LogP contribution >= 0.6 is 0 Å². The van der Waals surface area contributed by atoms with E-state index in [4.69, 9.17) is 5.73 Å². The van der Waals surface area contributed by atoms with E-state index < -0.39 is 0 Å². The molecule has 0 fully saturated rings. The predicted molar refractivity (Wildman–Crippen MR) is 56.5 cm³/mol. The number of benzene rings is 1. The minimum Gasteiger partial charge on any atom is -0.508 e. The molecule has 78 valence electrons. The van der Waals surface area contributed by atoms with E-state index in [1.54, 1.807) is 13.0 Å². The Morgan fingerprint density at radius 2 is 1.79 bits per heavy atom. The van der Waals surface area contributed by atoms with Gasteiger partial charge in [0, 0.05) is 11.6 Å². The van der Waals surface area contributed by atoms with Gasteiger partial charge in [-0.05, 0) is 44.4 Å². The fraction of sp³-hybridized carbons (Fsp3) is 0.455. The Morgan fingerprint density at radius 1 is 1.21 bits per heavy atom. The molecule has 0 unspecified atom stereocenters. The zero-order valence-electron chi connectivity index (χ0n) is 8.83. The Bertz CT molecular complexity index is 340. The topological polar surface area (TPSA) is 66.5 Å². The molecule has 1 rings (SSSR count). The lowest BCUT2D eigenvalue weighted by Crippen LogP contribution is -2.34. The van der Waals surface area contributed by atoms with Gasteiger partial charge < -0.3 is 15.9 Å². The third-order valence-corrected chi connectivity index (χ3v) is 2.04. The van der Waals surface area contributed by atoms with Crippen molar-refractivity contribution < 1.29 is 10.2 Å². The summed E-state index contributed by atoms with van der Waals surface area (Å²) in [6, 6.07) is 3.12. The molecule has 0 amide bonds. The first-order chi connectivity index (χ1) is 6.29. The monoisotopic (exact) mass is 195 g/mol. The van der Waals surface area contributed by atoms with Gasteiger partial charge in [0.05, 0.1) is 0 Å². The highest BCUT2D eigenvalue weighted by Gasteiger charge is 2.15. The summed E-state index contributed by atoms with van der Waals surface area (Å²) in [7, 11) is 0. The molecule has 0 aliphatic carbocycles. The highest BCUT2D eigenvalue weighted by Crippen LogP contribution is 2.28. The van der Waals surface area contributed by atoms with Crippen LogP contribution in [0.3, 0.4) is 0 Å². The predicted octanol–water partition coefficient (Wildman–Crippen LogP) is 1.69. The normalized spacial score (nSPS) is 11.7. The lowest BCUT2D eigenvalue weighted by molar-refractivity contribution is 0.433. The Kier molecular flexibility index (Phi) is 2.71. The second-order valence-corrected chi connectivity index (χ2v) is 4.43. The molecule has 3 heteroatoms. The second kappa shape index (κ2) is 3.50. The van der Waals surface area contributed by atoms with E-state index in [9.17, 15) is 10.2 Å². The number of hydrogen-bond acceptors (Lipinski definition) is 3. The van der Waals surface area contributed by atoms with Crippen molar-refractivity contribution >= 4 is 0 Å². The van der Waals surface area contributed by atoms with E-state index >= 15 is 0 Å². The molecular weight excluding hydrogens is 178 g/mol. The van der Waals surface area contributed by atoms with Crippen LogP contribution in [0.5, 0.6) is 11.5 Å². The molecule has 0 spiro atoms. The molecule has 0 aliphatic rings. The van der Waals surface area contributed by atoms with Crippen molar-refractivity contribution in [1.82, 2.24) is 0 Å². The van der Waals surface area contributed by atoms with Crippen LogP contribution in [0, 0.1) is 6.92 Å². The fourth-order valence-electron chi connectivity index (χ4n) is 1.38. The Morgan fingerprint density at radius 3 is 2.29 bits per heavy atom. The summed E-state index contributed by atoms with van der Waals surface area (Å²) in [5.41, 5.74) is 7.01. The van der Waals surface area contributed by atoms with Crippen molar-refractivity contribution in [3.8, 4) is 11.5 Å². The number of phenolic OH excluding ortho intramolecular Hbond substituents is 2. The maximum atomic E-state index is 9.56. The highest BCUT2D eigenvalue weighted by molar-refractivity contribution is 5.45. The average molecular weight is 195 g/mol. The van der Waals surface area contributed by atoms with Crippen LogP contribution in [0.4, 0.5) is 0 Å². The Hall–Kier alpha value is -1.22. The molecule has 1 aromatic carbocycles. The van der Waals surface area contributed by atoms with Gasteiger partial charge in [-0.1, -0.05) is 0 Å². The van der Waals surface area contributed by atoms with Gasteiger partial charge in [0.2, 0.25) is 0 Å². The third-order valence-electron chi connectivity index (χ3n) is 2.04. The van der Waals surface area contributed by atoms with Crippen molar-refractivity contribution in [2.75, 3.05) is 0 Å². The molecule has 0 radical (unpaired) electrons. The van der Waals surface area contributed by atoms with Gasteiger partial charge in [-0.15, -0.1) is 0 Å². The zero-order valence-corrected chi connectivity index (χ0v) is 8.83. The summed E-state index contributed by atoms with van der Waals surface area (Å²) in [5.74, 6) is 0.215. The molecule has 0 bridgehead atoms. The molecule has 0 saturated heterocycles. The van der Waals surface area contributed by atoms with Crippen molar-refractivity contribution in [2.24, 2.45) is 5.73 Å². The molecule has 1 aromatic rings. The molecule has 0 saturated carbocycles. The van der Waals surface area contributed by atoms with Crippen molar-refractivity contribution in [2.45, 2.75) is 32.7 Å². The van der Waals surface area contributed by atoms with Crippen molar-refractivity contribution in [1.29, 1.82) is 0 Å². The fourth-order valence-corrected chi connectivity index (χ4v) is 1.38. The van der Waals surface area contributed by atoms with Crippen molar-refractivity contribution in [3.05, 3.63) is 23.3 Å². The van der Waals surface area contributed by atoms with E-state index in [1.165, 1.54) is 6.07 Å². The summed E-state index contributed by atoms with van der Waals surface area (Å²) in [4.78, 5) is 0. The summed E-state index contributed by atoms with van der Waals surface area (Å²) < 4.78 is 0. The molecular formula is C11H17NO2. The number of nitrogens with two attached hydrogens (primary N) is 1. The molecule has 4 N–H and O–H groups in total. The SMILES string of the molecule is Cc1cc(CC(C)(C)N)c(O)cc1O. The quantitative estimate of drug-likeness (QED) is 0.672. The molecule has 0 aliphatic heterocycles. The highest BCUT2D eigenvalue weighted by atomic mass is 16.3. The Labute approximate surface area is 84.2 Å². The molecule has 14 heavy (non-hydrogen) atoms. The minimum atomic E-state index is -0.360. The summed E-state index contributed by atoms with van der Waals surface area (Å²) >= 11 is 0. The van der Waals surface area contributed by atoms with E-state index in [1.807, 2.05) is 13.8 Å². The van der Waals surface area contributed by atoms with Crippen LogP contribution < -0.4 is 5.73 Å². The zero-order chi connectivity index (χ0) is 10.9. The van der Waals surface area contributed by atoms with E-state index in [-0.39, 0.29) is 17.0 Å². The first kappa shape index (κ1) is 10.9. The summed E-state index contributed by atoms with van der Waals surface area (Å²) in [6.45, 7) is 5.59. The van der Waals surface area contributed by atoms with Gasteiger partial charge >= 0.3 is 0 Å². The van der Waals surface area contributed by atoms with Crippen molar-refractivity contribution in [3.63, 3.8) is 0 Å². The maximum Gasteiger partial charge on any atom is 0.122 e. The number of rotatable bonds is 2. The maximum absolute atomic E-state index is 9.56. The molecule has 0 atom stereocenters. The summed E-state index contributed by atoms with van der Waals surface area (Å²) in [6.07, 6.45) is 0.583. The van der Waals surface area contributed by atoms with Crippen LogP contribution in [-0.4, -0.2) is 15.8 Å². The first-order valence-corrected chi connectivity index (χ1v) is 4.60. The minimum absolute atomic E-state index is 0.103. The van der Waals surface area contributed by atoms with Crippen LogP contribution in [-0.2, 0) is 6.42 Å². The van der Waals surface area contributed by atoms with Crippen LogP contribution in [0.15, 0.2) is 12.1 Å². The van der Waals surface area contributed by atoms with Gasteiger partial charge in [-0.2, -0.15) is 0 Å². The number of hydrogen-bond donors (Lipinski definition) is 3.